The topological polar surface area (TPSA) is 148 Å². The van der Waals surface area contributed by atoms with Crippen LogP contribution in [0, 0.1) is 11.8 Å². The molecule has 69 heavy (non-hydrogen) atoms. The molecule has 0 spiro atoms. The molecular weight excluding hydrogens is 931 g/mol. The molecule has 5 aliphatic rings. The second-order valence-electron chi connectivity index (χ2n) is 18.2. The lowest BCUT2D eigenvalue weighted by molar-refractivity contribution is -0.377. The molecule has 5 fully saturated rings. The Morgan fingerprint density at radius 1 is 0.768 bits per heavy atom. The van der Waals surface area contributed by atoms with E-state index in [1.54, 1.807) is 30.6 Å². The minimum atomic E-state index is -3.07. The lowest BCUT2D eigenvalue weighted by Gasteiger charge is -2.44. The molecule has 2 N–H and O–H groups in total. The predicted octanol–water partition coefficient (Wildman–Crippen LogP) is 9.89. The number of piperidine rings is 3. The van der Waals surface area contributed by atoms with Gasteiger partial charge >= 0.3 is 18.6 Å². The van der Waals surface area contributed by atoms with E-state index >= 15 is 0 Å². The van der Waals surface area contributed by atoms with Crippen LogP contribution in [0.4, 0.5) is 8.78 Å². The molecule has 10 rings (SSSR count). The Balaban J connectivity index is 0.00000642. The molecular formula is C53H55Cl2F2N3O9. The standard InChI is InChI=1S/C53H53Cl2F2N3O8.H2O/c54-43-28-58-29-44(55)42(43)26-47(38-16-17-46(68-53(56)57)48(25-38)65-31-33-14-15-33)67-52(63)45-13-6-20-60(45)51(62)39-11-4-7-34(23-39)32-64-40-12-5-10-37(24-40)41(35-8-2-1-3-9-35)27-50(61)66-49-30-59-21-18-36(49)19-22-59;/h1-5,7-12,16-17,23-25,28-29,33,36,41,45,47,49,53H,6,13-15,18-22,26-27,30-32H2;1H2/t41-,45-,47-,49-;/m0./s1. The maximum absolute atomic E-state index is 14.2. The van der Waals surface area contributed by atoms with Gasteiger partial charge in [-0.1, -0.05) is 83.9 Å². The van der Waals surface area contributed by atoms with Gasteiger partial charge in [-0.25, -0.2) is 9.78 Å². The Hall–Kier alpha value is -5.80. The van der Waals surface area contributed by atoms with Gasteiger partial charge in [0, 0.05) is 36.6 Å². The highest BCUT2D eigenvalue weighted by Gasteiger charge is 2.39. The van der Waals surface area contributed by atoms with E-state index in [1.165, 1.54) is 23.1 Å². The van der Waals surface area contributed by atoms with E-state index in [0.717, 1.165) is 62.0 Å². The lowest BCUT2D eigenvalue weighted by Crippen LogP contribution is -2.52. The zero-order chi connectivity index (χ0) is 47.1. The number of H-pyrrole nitrogens is 1. The maximum Gasteiger partial charge on any atom is 0.387 e. The number of esters is 2. The Bertz CT molecular complexity index is 2560. The first-order valence-electron chi connectivity index (χ1n) is 23.4. The number of nitrogens with zero attached hydrogens (tertiary/aromatic N) is 2. The quantitative estimate of drug-likeness (QED) is 0.0733. The van der Waals surface area contributed by atoms with Crippen molar-refractivity contribution in [2.45, 2.75) is 88.8 Å². The van der Waals surface area contributed by atoms with Gasteiger partial charge in [0.2, 0.25) is 0 Å². The molecule has 4 aromatic carbocycles. The van der Waals surface area contributed by atoms with E-state index in [9.17, 15) is 23.2 Å². The summed E-state index contributed by atoms with van der Waals surface area (Å²) in [4.78, 5) is 48.7. The highest BCUT2D eigenvalue weighted by Crippen LogP contribution is 2.39. The van der Waals surface area contributed by atoms with Crippen LogP contribution < -0.4 is 19.2 Å². The molecule has 364 valence electrons. The third kappa shape index (κ3) is 12.5. The number of fused-ring (bicyclic) bond motifs is 3. The number of likely N-dealkylation sites (tertiary alicyclic amines) is 1. The van der Waals surface area contributed by atoms with E-state index in [1.807, 2.05) is 60.7 Å². The van der Waals surface area contributed by atoms with Crippen LogP contribution in [0.3, 0.4) is 0 Å². The summed E-state index contributed by atoms with van der Waals surface area (Å²) < 4.78 is 56.2. The number of benzene rings is 4. The summed E-state index contributed by atoms with van der Waals surface area (Å²) >= 11 is 13.1. The Labute approximate surface area is 410 Å². The highest BCUT2D eigenvalue weighted by molar-refractivity contribution is 6.35. The van der Waals surface area contributed by atoms with Crippen molar-refractivity contribution < 1.29 is 57.3 Å². The zero-order valence-electron chi connectivity index (χ0n) is 38.0. The number of carbonyl (C=O) groups is 3. The highest BCUT2D eigenvalue weighted by atomic mass is 35.5. The molecule has 1 saturated carbocycles. The van der Waals surface area contributed by atoms with Gasteiger partial charge in [-0.05, 0) is 122 Å². The maximum atomic E-state index is 14.2. The summed E-state index contributed by atoms with van der Waals surface area (Å²) in [5, 5.41) is 0.618. The molecule has 1 aliphatic carbocycles. The fourth-order valence-corrected chi connectivity index (χ4v) is 10.1. The summed E-state index contributed by atoms with van der Waals surface area (Å²) in [6.07, 6.45) is 7.32. The van der Waals surface area contributed by atoms with E-state index in [2.05, 4.69) is 9.88 Å². The Kier molecular flexibility index (Phi) is 16.4. The Morgan fingerprint density at radius 2 is 1.52 bits per heavy atom. The number of aromatic amines is 1. The third-order valence-corrected chi connectivity index (χ3v) is 14.1. The Morgan fingerprint density at radius 3 is 2.25 bits per heavy atom. The van der Waals surface area contributed by atoms with E-state index in [-0.39, 0.29) is 60.3 Å². The number of pyridine rings is 1. The van der Waals surface area contributed by atoms with Crippen LogP contribution in [-0.4, -0.2) is 84.7 Å². The fraction of sp³-hybridized carbons (Fsp3) is 0.396. The van der Waals surface area contributed by atoms with E-state index in [0.29, 0.717) is 70.3 Å². The minimum Gasteiger partial charge on any atom is -0.870 e. The predicted molar refractivity (Wildman–Crippen MR) is 252 cm³/mol. The van der Waals surface area contributed by atoms with Crippen LogP contribution in [0.25, 0.3) is 0 Å². The van der Waals surface area contributed by atoms with Crippen molar-refractivity contribution in [1.29, 1.82) is 0 Å². The second kappa shape index (κ2) is 22.7. The van der Waals surface area contributed by atoms with Gasteiger partial charge in [0.15, 0.2) is 23.9 Å². The van der Waals surface area contributed by atoms with Gasteiger partial charge in [-0.15, -0.1) is 0 Å². The molecule has 1 amide bonds. The number of aromatic nitrogens is 1. The van der Waals surface area contributed by atoms with E-state index in [4.69, 9.17) is 46.9 Å². The molecule has 12 nitrogen and oxygen atoms in total. The van der Waals surface area contributed by atoms with Crippen molar-refractivity contribution in [3.8, 4) is 17.2 Å². The number of carbonyl (C=O) groups excluding carboxylic acids is 3. The fourth-order valence-electron chi connectivity index (χ4n) is 9.57. The van der Waals surface area contributed by atoms with Crippen LogP contribution in [0.1, 0.15) is 95.1 Å². The molecule has 16 heteroatoms. The van der Waals surface area contributed by atoms with Crippen LogP contribution in [-0.2, 0) is 32.1 Å². The SMILES string of the molecule is O=C(C[C@@H](c1ccccc1)c1cccc(OCc2cccc(C(=O)N3CCC[C@H]3C(=O)O[C@@H](Cc3c(Cl)c[nH+]cc3Cl)c3ccc(OC(F)F)c(OCC4CC4)c3)c2)c1)O[C@H]1CN2CCC1CC2.[OH-]. The first-order valence-corrected chi connectivity index (χ1v) is 24.2. The van der Waals surface area contributed by atoms with Crippen molar-refractivity contribution in [3.63, 3.8) is 0 Å². The van der Waals surface area contributed by atoms with Crippen LogP contribution in [0.5, 0.6) is 17.2 Å². The summed E-state index contributed by atoms with van der Waals surface area (Å²) in [6.45, 7) is 0.682. The molecule has 4 aliphatic heterocycles. The normalized spacial score (nSPS) is 20.4. The first kappa shape index (κ1) is 49.6. The van der Waals surface area contributed by atoms with Gasteiger partial charge in [0.25, 0.3) is 5.91 Å². The van der Waals surface area contributed by atoms with Crippen molar-refractivity contribution >= 4 is 41.0 Å². The summed E-state index contributed by atoms with van der Waals surface area (Å²) in [7, 11) is 0. The molecule has 5 aromatic rings. The van der Waals surface area contributed by atoms with Gasteiger partial charge in [0.1, 0.15) is 40.7 Å². The van der Waals surface area contributed by atoms with Crippen LogP contribution in [0.15, 0.2) is 109 Å². The van der Waals surface area contributed by atoms with E-state index < -0.39 is 24.7 Å². The van der Waals surface area contributed by atoms with Gasteiger partial charge in [-0.3, -0.25) is 14.5 Å². The molecule has 5 heterocycles. The van der Waals surface area contributed by atoms with Crippen molar-refractivity contribution in [1.82, 2.24) is 9.80 Å². The zero-order valence-corrected chi connectivity index (χ0v) is 39.5. The van der Waals surface area contributed by atoms with Gasteiger partial charge in [-0.2, -0.15) is 8.78 Å². The number of halogens is 4. The van der Waals surface area contributed by atoms with Crippen molar-refractivity contribution in [2.24, 2.45) is 11.8 Å². The summed E-state index contributed by atoms with van der Waals surface area (Å²) in [6, 6.07) is 28.3. The summed E-state index contributed by atoms with van der Waals surface area (Å²) in [5.74, 6) is -0.120. The average molecular weight is 987 g/mol. The first-order chi connectivity index (χ1) is 33.0. The molecule has 0 unspecified atom stereocenters. The number of rotatable bonds is 19. The molecule has 4 atom stereocenters. The number of alkyl halides is 2. The van der Waals surface area contributed by atoms with Gasteiger partial charge < -0.3 is 34.1 Å². The van der Waals surface area contributed by atoms with Crippen LogP contribution in [0.2, 0.25) is 10.0 Å². The van der Waals surface area contributed by atoms with Crippen molar-refractivity contribution in [2.75, 3.05) is 32.8 Å². The largest absolute Gasteiger partial charge is 0.870 e. The lowest BCUT2D eigenvalue weighted by atomic mass is 9.85. The smallest absolute Gasteiger partial charge is 0.387 e. The average Bonchev–Trinajstić information content (AvgIpc) is 4.05. The molecule has 0 radical (unpaired) electrons. The van der Waals surface area contributed by atoms with Crippen molar-refractivity contribution in [3.05, 3.63) is 153 Å². The number of amides is 1. The third-order valence-electron chi connectivity index (χ3n) is 13.4. The number of hydrogen-bond acceptors (Lipinski definition) is 10. The monoisotopic (exact) mass is 985 g/mol. The minimum absolute atomic E-state index is 0. The van der Waals surface area contributed by atoms with Gasteiger partial charge in [0.05, 0.1) is 13.0 Å². The second-order valence-corrected chi connectivity index (χ2v) is 19.0. The molecule has 1 aromatic heterocycles. The molecule has 2 bridgehead atoms. The number of ether oxygens (including phenoxy) is 5. The number of nitrogens with one attached hydrogen (secondary N) is 1. The number of hydrogen-bond donors (Lipinski definition) is 0. The molecule has 4 saturated heterocycles. The van der Waals surface area contributed by atoms with Crippen LogP contribution >= 0.6 is 23.2 Å². The summed E-state index contributed by atoms with van der Waals surface area (Å²) in [5.41, 5.74) is 3.99.